The van der Waals surface area contributed by atoms with E-state index in [-0.39, 0.29) is 23.6 Å². The van der Waals surface area contributed by atoms with Crippen LogP contribution in [0.3, 0.4) is 0 Å². The van der Waals surface area contributed by atoms with Gasteiger partial charge in [0.15, 0.2) is 0 Å². The van der Waals surface area contributed by atoms with Crippen molar-refractivity contribution in [3.63, 3.8) is 0 Å². The summed E-state index contributed by atoms with van der Waals surface area (Å²) in [6.45, 7) is 3.23. The fourth-order valence-electron chi connectivity index (χ4n) is 3.35. The summed E-state index contributed by atoms with van der Waals surface area (Å²) in [4.78, 5) is 24.7. The Hall–Kier alpha value is -2.15. The number of hydrogen-bond donors (Lipinski definition) is 1. The third kappa shape index (κ3) is 4.03. The van der Waals surface area contributed by atoms with Gasteiger partial charge in [-0.25, -0.2) is 0 Å². The minimum atomic E-state index is -0.423. The van der Waals surface area contributed by atoms with Gasteiger partial charge in [-0.05, 0) is 31.5 Å². The molecule has 2 aliphatic heterocycles. The highest BCUT2D eigenvalue weighted by atomic mass is 16.6. The van der Waals surface area contributed by atoms with Crippen LogP contribution in [-0.4, -0.2) is 48.0 Å². The zero-order valence-corrected chi connectivity index (χ0v) is 13.6. The lowest BCUT2D eigenvalue weighted by Gasteiger charge is -2.35. The van der Waals surface area contributed by atoms with E-state index in [1.54, 1.807) is 12.1 Å². The number of amides is 1. The molecule has 24 heavy (non-hydrogen) atoms. The van der Waals surface area contributed by atoms with E-state index in [0.29, 0.717) is 18.8 Å². The fraction of sp³-hybridized carbons (Fsp3) is 0.588. The summed E-state index contributed by atoms with van der Waals surface area (Å²) in [6.07, 6.45) is 3.69. The van der Waals surface area contributed by atoms with Crippen molar-refractivity contribution in [2.45, 2.75) is 31.8 Å². The number of non-ortho nitro benzene ring substituents is 1. The van der Waals surface area contributed by atoms with Gasteiger partial charge in [0.25, 0.3) is 5.69 Å². The quantitative estimate of drug-likeness (QED) is 0.672. The number of nitro benzene ring substituents is 1. The summed E-state index contributed by atoms with van der Waals surface area (Å²) >= 11 is 0. The molecule has 0 spiro atoms. The van der Waals surface area contributed by atoms with Gasteiger partial charge in [0.1, 0.15) is 11.9 Å². The van der Waals surface area contributed by atoms with Crippen molar-refractivity contribution >= 4 is 11.6 Å². The highest BCUT2D eigenvalue weighted by Gasteiger charge is 2.29. The second-order valence-corrected chi connectivity index (χ2v) is 6.44. The molecule has 0 aromatic heterocycles. The number of benzene rings is 1. The van der Waals surface area contributed by atoms with Crippen LogP contribution in [0.25, 0.3) is 0 Å². The minimum Gasteiger partial charge on any atom is -0.490 e. The number of ether oxygens (including phenoxy) is 1. The molecule has 2 fully saturated rings. The largest absolute Gasteiger partial charge is 0.490 e. The molecule has 130 valence electrons. The Kier molecular flexibility index (Phi) is 5.30. The van der Waals surface area contributed by atoms with Crippen LogP contribution >= 0.6 is 0 Å². The minimum absolute atomic E-state index is 0.0555. The highest BCUT2D eigenvalue weighted by Crippen LogP contribution is 2.23. The molecule has 2 aliphatic rings. The average Bonchev–Trinajstić information content (AvgIpc) is 2.63. The summed E-state index contributed by atoms with van der Waals surface area (Å²) in [5.41, 5.74) is 0.0591. The van der Waals surface area contributed by atoms with Crippen LogP contribution in [0, 0.1) is 16.0 Å². The number of carbonyl (C=O) groups is 1. The maximum atomic E-state index is 12.5. The lowest BCUT2D eigenvalue weighted by Crippen LogP contribution is -2.47. The molecule has 7 nitrogen and oxygen atoms in total. The lowest BCUT2D eigenvalue weighted by atomic mass is 9.96. The van der Waals surface area contributed by atoms with Crippen molar-refractivity contribution in [3.05, 3.63) is 34.4 Å². The molecule has 0 radical (unpaired) electrons. The van der Waals surface area contributed by atoms with Crippen molar-refractivity contribution in [1.29, 1.82) is 0 Å². The van der Waals surface area contributed by atoms with E-state index in [1.807, 2.05) is 4.90 Å². The lowest BCUT2D eigenvalue weighted by molar-refractivity contribution is -0.384. The smallest absolute Gasteiger partial charge is 0.269 e. The molecule has 1 unspecified atom stereocenters. The number of hydrogen-bond acceptors (Lipinski definition) is 5. The highest BCUT2D eigenvalue weighted by molar-refractivity contribution is 5.79. The van der Waals surface area contributed by atoms with Crippen molar-refractivity contribution in [1.82, 2.24) is 10.2 Å². The van der Waals surface area contributed by atoms with Crippen LogP contribution < -0.4 is 10.1 Å². The number of nitro groups is 1. The first kappa shape index (κ1) is 16.7. The van der Waals surface area contributed by atoms with Crippen LogP contribution in [-0.2, 0) is 4.79 Å². The molecule has 1 aromatic carbocycles. The first-order chi connectivity index (χ1) is 11.6. The zero-order valence-electron chi connectivity index (χ0n) is 13.6. The molecule has 1 amide bonds. The third-order valence-corrected chi connectivity index (χ3v) is 4.75. The van der Waals surface area contributed by atoms with Gasteiger partial charge in [0.05, 0.1) is 10.8 Å². The molecule has 0 bridgehead atoms. The van der Waals surface area contributed by atoms with Crippen LogP contribution in [0.1, 0.15) is 25.7 Å². The first-order valence-electron chi connectivity index (χ1n) is 8.54. The van der Waals surface area contributed by atoms with Gasteiger partial charge in [-0.15, -0.1) is 0 Å². The maximum Gasteiger partial charge on any atom is 0.269 e. The molecule has 1 atom stereocenters. The Morgan fingerprint density at radius 3 is 2.50 bits per heavy atom. The maximum absolute atomic E-state index is 12.5. The Morgan fingerprint density at radius 2 is 1.92 bits per heavy atom. The summed E-state index contributed by atoms with van der Waals surface area (Å²) in [7, 11) is 0. The molecule has 2 heterocycles. The monoisotopic (exact) mass is 333 g/mol. The predicted molar refractivity (Wildman–Crippen MR) is 88.9 cm³/mol. The number of nitrogens with one attached hydrogen (secondary N) is 1. The Bertz CT molecular complexity index is 576. The van der Waals surface area contributed by atoms with Crippen LogP contribution in [0.5, 0.6) is 5.75 Å². The second-order valence-electron chi connectivity index (χ2n) is 6.44. The Morgan fingerprint density at radius 1 is 1.21 bits per heavy atom. The predicted octanol–water partition coefficient (Wildman–Crippen LogP) is 1.96. The van der Waals surface area contributed by atoms with E-state index in [9.17, 15) is 14.9 Å². The number of piperidine rings is 2. The van der Waals surface area contributed by atoms with Gasteiger partial charge >= 0.3 is 0 Å². The summed E-state index contributed by atoms with van der Waals surface area (Å²) in [5, 5.41) is 13.9. The molecule has 1 N–H and O–H groups in total. The van der Waals surface area contributed by atoms with Gasteiger partial charge in [-0.3, -0.25) is 14.9 Å². The summed E-state index contributed by atoms with van der Waals surface area (Å²) in [6, 6.07) is 6.15. The van der Waals surface area contributed by atoms with Gasteiger partial charge in [0, 0.05) is 44.6 Å². The second kappa shape index (κ2) is 7.61. The van der Waals surface area contributed by atoms with E-state index in [0.717, 1.165) is 38.8 Å². The normalized spacial score (nSPS) is 22.2. The fourth-order valence-corrected chi connectivity index (χ4v) is 3.35. The molecule has 1 aromatic rings. The molecule has 7 heteroatoms. The van der Waals surface area contributed by atoms with Crippen molar-refractivity contribution in [2.24, 2.45) is 5.92 Å². The van der Waals surface area contributed by atoms with Crippen molar-refractivity contribution in [3.8, 4) is 5.75 Å². The van der Waals surface area contributed by atoms with Gasteiger partial charge in [-0.2, -0.15) is 0 Å². The standard InChI is InChI=1S/C17H23N3O4/c21-17(13-2-1-9-18-12-13)19-10-7-16(8-11-19)24-15-5-3-14(4-6-15)20(22)23/h3-6,13,16,18H,1-2,7-12H2. The topological polar surface area (TPSA) is 84.7 Å². The average molecular weight is 333 g/mol. The van der Waals surface area contributed by atoms with Crippen LogP contribution in [0.15, 0.2) is 24.3 Å². The molecule has 0 aliphatic carbocycles. The van der Waals surface area contributed by atoms with Crippen LogP contribution in [0.2, 0.25) is 0 Å². The molecular formula is C17H23N3O4. The van der Waals surface area contributed by atoms with E-state index in [4.69, 9.17) is 4.74 Å². The van der Waals surface area contributed by atoms with Gasteiger partial charge < -0.3 is 15.0 Å². The van der Waals surface area contributed by atoms with Gasteiger partial charge in [-0.1, -0.05) is 0 Å². The summed E-state index contributed by atoms with van der Waals surface area (Å²) < 4.78 is 5.89. The van der Waals surface area contributed by atoms with Crippen molar-refractivity contribution in [2.75, 3.05) is 26.2 Å². The molecule has 3 rings (SSSR count). The number of nitrogens with zero attached hydrogens (tertiary/aromatic N) is 2. The van der Waals surface area contributed by atoms with E-state index in [1.165, 1.54) is 12.1 Å². The molecule has 0 saturated carbocycles. The van der Waals surface area contributed by atoms with Crippen LogP contribution in [0.4, 0.5) is 5.69 Å². The van der Waals surface area contributed by atoms with Gasteiger partial charge in [0.2, 0.25) is 5.91 Å². The van der Waals surface area contributed by atoms with Crippen molar-refractivity contribution < 1.29 is 14.5 Å². The SMILES string of the molecule is O=C(C1CCCNC1)N1CCC(Oc2ccc([N+](=O)[O-])cc2)CC1. The number of rotatable bonds is 4. The van der Waals surface area contributed by atoms with E-state index >= 15 is 0 Å². The third-order valence-electron chi connectivity index (χ3n) is 4.75. The molecular weight excluding hydrogens is 310 g/mol. The molecule has 2 saturated heterocycles. The Labute approximate surface area is 141 Å². The number of carbonyl (C=O) groups excluding carboxylic acids is 1. The van der Waals surface area contributed by atoms with E-state index < -0.39 is 4.92 Å². The summed E-state index contributed by atoms with van der Waals surface area (Å²) in [5.74, 6) is 1.02. The Balaban J connectivity index is 1.48. The van der Waals surface area contributed by atoms with E-state index in [2.05, 4.69) is 5.32 Å². The zero-order chi connectivity index (χ0) is 16.9. The first-order valence-corrected chi connectivity index (χ1v) is 8.54. The number of likely N-dealkylation sites (tertiary alicyclic amines) is 1.